The van der Waals surface area contributed by atoms with E-state index in [0.29, 0.717) is 23.7 Å². The van der Waals surface area contributed by atoms with Crippen LogP contribution >= 0.6 is 0 Å². The van der Waals surface area contributed by atoms with E-state index in [1.54, 1.807) is 6.07 Å². The fourth-order valence-corrected chi connectivity index (χ4v) is 1.34. The summed E-state index contributed by atoms with van der Waals surface area (Å²) in [5.41, 5.74) is 6.31. The molecule has 0 aliphatic rings. The SMILES string of the molecule is CC[C@@H](N)c1nc(-c2ccc(O)c(O)c2)no1. The molecule has 1 aromatic carbocycles. The molecular weight excluding hydrogens is 222 g/mol. The molecule has 2 rings (SSSR count). The number of hydrogen-bond donors (Lipinski definition) is 3. The first-order valence-corrected chi connectivity index (χ1v) is 5.23. The van der Waals surface area contributed by atoms with Crippen LogP contribution in [0.4, 0.5) is 0 Å². The molecule has 0 radical (unpaired) electrons. The van der Waals surface area contributed by atoms with Crippen molar-refractivity contribution < 1.29 is 14.7 Å². The lowest BCUT2D eigenvalue weighted by Crippen LogP contribution is -2.08. The summed E-state index contributed by atoms with van der Waals surface area (Å²) in [4.78, 5) is 4.13. The Kier molecular flexibility index (Phi) is 2.97. The Hall–Kier alpha value is -2.08. The second kappa shape index (κ2) is 4.42. The van der Waals surface area contributed by atoms with Crippen LogP contribution in [0.25, 0.3) is 11.4 Å². The standard InChI is InChI=1S/C11H13N3O3/c1-2-7(12)11-13-10(14-17-11)6-3-4-8(15)9(16)5-6/h3-5,7,15-16H,2,12H2,1H3/t7-/m1/s1. The molecule has 90 valence electrons. The highest BCUT2D eigenvalue weighted by Gasteiger charge is 2.14. The van der Waals surface area contributed by atoms with Gasteiger partial charge in [0.15, 0.2) is 11.5 Å². The van der Waals surface area contributed by atoms with E-state index in [1.807, 2.05) is 6.92 Å². The first-order chi connectivity index (χ1) is 8.11. The lowest BCUT2D eigenvalue weighted by molar-refractivity contribution is 0.352. The van der Waals surface area contributed by atoms with Crippen molar-refractivity contribution >= 4 is 0 Å². The van der Waals surface area contributed by atoms with Crippen molar-refractivity contribution in [3.8, 4) is 22.9 Å². The van der Waals surface area contributed by atoms with Gasteiger partial charge in [-0.3, -0.25) is 0 Å². The van der Waals surface area contributed by atoms with E-state index in [9.17, 15) is 10.2 Å². The van der Waals surface area contributed by atoms with Gasteiger partial charge >= 0.3 is 0 Å². The second-order valence-electron chi connectivity index (χ2n) is 3.67. The maximum Gasteiger partial charge on any atom is 0.243 e. The fourth-order valence-electron chi connectivity index (χ4n) is 1.34. The van der Waals surface area contributed by atoms with Gasteiger partial charge in [0.25, 0.3) is 0 Å². The van der Waals surface area contributed by atoms with Crippen molar-refractivity contribution in [2.24, 2.45) is 5.73 Å². The molecule has 2 aromatic rings. The van der Waals surface area contributed by atoms with Gasteiger partial charge in [0.1, 0.15) is 0 Å². The molecule has 0 saturated carbocycles. The Labute approximate surface area is 97.7 Å². The monoisotopic (exact) mass is 235 g/mol. The zero-order valence-electron chi connectivity index (χ0n) is 9.29. The average molecular weight is 235 g/mol. The molecule has 1 heterocycles. The minimum absolute atomic E-state index is 0.192. The van der Waals surface area contributed by atoms with Crippen molar-refractivity contribution in [1.82, 2.24) is 10.1 Å². The highest BCUT2D eigenvalue weighted by atomic mass is 16.5. The van der Waals surface area contributed by atoms with Crippen molar-refractivity contribution in [3.63, 3.8) is 0 Å². The second-order valence-corrected chi connectivity index (χ2v) is 3.67. The van der Waals surface area contributed by atoms with Crippen molar-refractivity contribution in [2.45, 2.75) is 19.4 Å². The van der Waals surface area contributed by atoms with E-state index >= 15 is 0 Å². The first kappa shape index (κ1) is 11.4. The molecule has 1 aromatic heterocycles. The van der Waals surface area contributed by atoms with Crippen LogP contribution in [0.5, 0.6) is 11.5 Å². The predicted molar refractivity (Wildman–Crippen MR) is 60.3 cm³/mol. The van der Waals surface area contributed by atoms with Gasteiger partial charge in [0.2, 0.25) is 11.7 Å². The predicted octanol–water partition coefficient (Wildman–Crippen LogP) is 1.56. The molecule has 0 spiro atoms. The van der Waals surface area contributed by atoms with E-state index in [0.717, 1.165) is 0 Å². The number of nitrogens with zero attached hydrogens (tertiary/aromatic N) is 2. The Morgan fingerprint density at radius 2 is 2.12 bits per heavy atom. The number of benzene rings is 1. The third kappa shape index (κ3) is 2.21. The molecule has 0 amide bonds. The number of phenolic OH excluding ortho intramolecular Hbond substituents is 2. The largest absolute Gasteiger partial charge is 0.504 e. The maximum atomic E-state index is 9.36. The lowest BCUT2D eigenvalue weighted by atomic mass is 10.2. The smallest absolute Gasteiger partial charge is 0.243 e. The Morgan fingerprint density at radius 1 is 1.35 bits per heavy atom. The van der Waals surface area contributed by atoms with E-state index in [1.165, 1.54) is 12.1 Å². The molecule has 0 aliphatic heterocycles. The minimum atomic E-state index is -0.290. The molecule has 0 saturated heterocycles. The summed E-state index contributed by atoms with van der Waals surface area (Å²) in [6.07, 6.45) is 0.697. The van der Waals surface area contributed by atoms with Gasteiger partial charge in [-0.05, 0) is 24.6 Å². The molecule has 0 bridgehead atoms. The van der Waals surface area contributed by atoms with Crippen LogP contribution in [0, 0.1) is 0 Å². The Morgan fingerprint density at radius 3 is 2.76 bits per heavy atom. The van der Waals surface area contributed by atoms with Crippen LogP contribution in [0.15, 0.2) is 22.7 Å². The molecule has 4 N–H and O–H groups in total. The molecule has 6 nitrogen and oxygen atoms in total. The fraction of sp³-hybridized carbons (Fsp3) is 0.273. The summed E-state index contributed by atoms with van der Waals surface area (Å²) in [5, 5.41) is 22.3. The third-order valence-electron chi connectivity index (χ3n) is 2.43. The number of aromatic nitrogens is 2. The van der Waals surface area contributed by atoms with Crippen LogP contribution in [-0.2, 0) is 0 Å². The van der Waals surface area contributed by atoms with E-state index in [4.69, 9.17) is 10.3 Å². The van der Waals surface area contributed by atoms with Crippen molar-refractivity contribution in [2.75, 3.05) is 0 Å². The zero-order valence-corrected chi connectivity index (χ0v) is 9.29. The molecule has 0 unspecified atom stereocenters. The highest BCUT2D eigenvalue weighted by molar-refractivity contribution is 5.59. The van der Waals surface area contributed by atoms with Crippen LogP contribution in [0.3, 0.4) is 0 Å². The summed E-state index contributed by atoms with van der Waals surface area (Å²) in [6.45, 7) is 1.92. The number of phenols is 2. The van der Waals surface area contributed by atoms with Gasteiger partial charge in [-0.2, -0.15) is 4.98 Å². The van der Waals surface area contributed by atoms with Crippen LogP contribution in [-0.4, -0.2) is 20.4 Å². The zero-order chi connectivity index (χ0) is 12.4. The van der Waals surface area contributed by atoms with Crippen molar-refractivity contribution in [1.29, 1.82) is 0 Å². The molecule has 0 aliphatic carbocycles. The van der Waals surface area contributed by atoms with Crippen LogP contribution in [0.1, 0.15) is 25.3 Å². The number of hydrogen-bond acceptors (Lipinski definition) is 6. The summed E-state index contributed by atoms with van der Waals surface area (Å²) in [5.74, 6) is 0.269. The average Bonchev–Trinajstić information content (AvgIpc) is 2.81. The van der Waals surface area contributed by atoms with Gasteiger partial charge in [-0.1, -0.05) is 12.1 Å². The molecule has 6 heteroatoms. The summed E-state index contributed by atoms with van der Waals surface area (Å²) in [6, 6.07) is 4.02. The highest BCUT2D eigenvalue weighted by Crippen LogP contribution is 2.29. The molecular formula is C11H13N3O3. The topological polar surface area (TPSA) is 105 Å². The minimum Gasteiger partial charge on any atom is -0.504 e. The third-order valence-corrected chi connectivity index (χ3v) is 2.43. The molecule has 0 fully saturated rings. The van der Waals surface area contributed by atoms with Gasteiger partial charge in [0, 0.05) is 5.56 Å². The molecule has 1 atom stereocenters. The quantitative estimate of drug-likeness (QED) is 0.697. The van der Waals surface area contributed by atoms with Gasteiger partial charge in [-0.15, -0.1) is 0 Å². The van der Waals surface area contributed by atoms with Gasteiger partial charge < -0.3 is 20.5 Å². The summed E-state index contributed by atoms with van der Waals surface area (Å²) >= 11 is 0. The van der Waals surface area contributed by atoms with E-state index in [-0.39, 0.29) is 17.5 Å². The first-order valence-electron chi connectivity index (χ1n) is 5.23. The summed E-state index contributed by atoms with van der Waals surface area (Å²) in [7, 11) is 0. The van der Waals surface area contributed by atoms with Crippen LogP contribution < -0.4 is 5.73 Å². The van der Waals surface area contributed by atoms with E-state index in [2.05, 4.69) is 10.1 Å². The van der Waals surface area contributed by atoms with Crippen LogP contribution in [0.2, 0.25) is 0 Å². The van der Waals surface area contributed by atoms with Crippen molar-refractivity contribution in [3.05, 3.63) is 24.1 Å². The number of rotatable bonds is 3. The van der Waals surface area contributed by atoms with E-state index < -0.39 is 0 Å². The summed E-state index contributed by atoms with van der Waals surface area (Å²) < 4.78 is 5.01. The maximum absolute atomic E-state index is 9.36. The number of aromatic hydroxyl groups is 2. The van der Waals surface area contributed by atoms with Gasteiger partial charge in [0.05, 0.1) is 6.04 Å². The van der Waals surface area contributed by atoms with Gasteiger partial charge in [-0.25, -0.2) is 0 Å². The lowest BCUT2D eigenvalue weighted by Gasteiger charge is -2.00. The Balaban J connectivity index is 2.33. The normalized spacial score (nSPS) is 12.6. The number of nitrogens with two attached hydrogens (primary N) is 1. The Bertz CT molecular complexity index is 524. The molecule has 17 heavy (non-hydrogen) atoms.